The van der Waals surface area contributed by atoms with Crippen molar-refractivity contribution in [1.82, 2.24) is 4.90 Å². The van der Waals surface area contributed by atoms with E-state index in [1.165, 1.54) is 16.7 Å². The molecule has 23 heavy (non-hydrogen) atoms. The van der Waals surface area contributed by atoms with Crippen LogP contribution in [0.25, 0.3) is 0 Å². The molecule has 5 nitrogen and oxygen atoms in total. The first-order valence-electron chi connectivity index (χ1n) is 7.53. The molecule has 1 aliphatic heterocycles. The minimum absolute atomic E-state index is 0.0691. The first-order valence-corrected chi connectivity index (χ1v) is 7.90. The van der Waals surface area contributed by atoms with Crippen LogP contribution in [0.5, 0.6) is 0 Å². The molecule has 6 heteroatoms. The molecule has 1 heterocycles. The van der Waals surface area contributed by atoms with Gasteiger partial charge in [-0.1, -0.05) is 29.8 Å². The topological polar surface area (TPSA) is 57.7 Å². The lowest BCUT2D eigenvalue weighted by atomic mass is 9.85. The number of fused-ring (bicyclic) bond motifs is 1. The van der Waals surface area contributed by atoms with E-state index in [1.54, 1.807) is 24.3 Å². The number of nitrogens with zero attached hydrogens (tertiary/aromatic N) is 2. The first kappa shape index (κ1) is 15.7. The second-order valence-electron chi connectivity index (χ2n) is 5.83. The molecule has 3 amide bonds. The fraction of sp³-hybridized carbons (Fsp3) is 0.353. The molecule has 0 saturated carbocycles. The molecule has 0 N–H and O–H groups in total. The molecule has 1 fully saturated rings. The third kappa shape index (κ3) is 2.88. The molecule has 0 bridgehead atoms. The molecular formula is C17H17ClN2O3. The second-order valence-corrected chi connectivity index (χ2v) is 6.27. The Balaban J connectivity index is 1.85. The van der Waals surface area contributed by atoms with Crippen LogP contribution < -0.4 is 4.90 Å². The molecule has 2 aliphatic rings. The SMILES string of the molecule is CC(=O)N(CN1C(=O)[C@@H]2CC=CC[C@H]2C1=O)c1cccc(Cl)c1. The number of hydrogen-bond donors (Lipinski definition) is 0. The van der Waals surface area contributed by atoms with Crippen molar-refractivity contribution in [1.29, 1.82) is 0 Å². The summed E-state index contributed by atoms with van der Waals surface area (Å²) in [6.45, 7) is 1.33. The van der Waals surface area contributed by atoms with E-state index in [0.29, 0.717) is 23.6 Å². The van der Waals surface area contributed by atoms with Crippen molar-refractivity contribution < 1.29 is 14.4 Å². The number of rotatable bonds is 3. The van der Waals surface area contributed by atoms with Gasteiger partial charge in [0.15, 0.2) is 0 Å². The van der Waals surface area contributed by atoms with Gasteiger partial charge in [-0.05, 0) is 31.0 Å². The van der Waals surface area contributed by atoms with E-state index in [-0.39, 0.29) is 36.2 Å². The molecule has 0 radical (unpaired) electrons. The van der Waals surface area contributed by atoms with Gasteiger partial charge >= 0.3 is 0 Å². The van der Waals surface area contributed by atoms with E-state index < -0.39 is 0 Å². The minimum atomic E-state index is -0.291. The number of likely N-dealkylation sites (tertiary alicyclic amines) is 1. The summed E-state index contributed by atoms with van der Waals surface area (Å²) < 4.78 is 0. The summed E-state index contributed by atoms with van der Waals surface area (Å²) in [6, 6.07) is 6.80. The Morgan fingerprint density at radius 1 is 1.22 bits per heavy atom. The number of halogens is 1. The third-order valence-corrected chi connectivity index (χ3v) is 4.62. The van der Waals surface area contributed by atoms with Gasteiger partial charge < -0.3 is 0 Å². The number of hydrogen-bond acceptors (Lipinski definition) is 3. The van der Waals surface area contributed by atoms with E-state index in [4.69, 9.17) is 11.6 Å². The average Bonchev–Trinajstić information content (AvgIpc) is 2.77. The molecule has 1 saturated heterocycles. The van der Waals surface area contributed by atoms with Gasteiger partial charge in [-0.3, -0.25) is 24.2 Å². The molecule has 0 aromatic heterocycles. The molecule has 0 spiro atoms. The standard InChI is InChI=1S/C17H17ClN2O3/c1-11(21)19(13-6-4-5-12(18)9-13)10-20-16(22)14-7-2-3-8-15(14)17(20)23/h2-6,9,14-15H,7-8,10H2,1H3/t14-,15-/m1/s1. The summed E-state index contributed by atoms with van der Waals surface area (Å²) in [7, 11) is 0. The summed E-state index contributed by atoms with van der Waals surface area (Å²) in [5.74, 6) is -1.22. The molecule has 1 aromatic rings. The van der Waals surface area contributed by atoms with Crippen molar-refractivity contribution in [2.45, 2.75) is 19.8 Å². The molecule has 1 aromatic carbocycles. The lowest BCUT2D eigenvalue weighted by Crippen LogP contribution is -2.44. The molecule has 2 atom stereocenters. The van der Waals surface area contributed by atoms with E-state index >= 15 is 0 Å². The van der Waals surface area contributed by atoms with E-state index in [2.05, 4.69) is 0 Å². The van der Waals surface area contributed by atoms with Crippen molar-refractivity contribution >= 4 is 35.0 Å². The van der Waals surface area contributed by atoms with Crippen LogP contribution in [0, 0.1) is 11.8 Å². The van der Waals surface area contributed by atoms with Gasteiger partial charge in [-0.25, -0.2) is 0 Å². The zero-order chi connectivity index (χ0) is 16.6. The summed E-state index contributed by atoms with van der Waals surface area (Å²) >= 11 is 5.97. The van der Waals surface area contributed by atoms with E-state index in [1.807, 2.05) is 12.2 Å². The van der Waals surface area contributed by atoms with Gasteiger partial charge in [-0.2, -0.15) is 0 Å². The first-order chi connectivity index (χ1) is 11.0. The van der Waals surface area contributed by atoms with Gasteiger partial charge in [0.2, 0.25) is 17.7 Å². The van der Waals surface area contributed by atoms with Crippen molar-refractivity contribution in [3.8, 4) is 0 Å². The van der Waals surface area contributed by atoms with Crippen LogP contribution in [0.1, 0.15) is 19.8 Å². The predicted molar refractivity (Wildman–Crippen MR) is 86.7 cm³/mol. The van der Waals surface area contributed by atoms with Crippen LogP contribution in [0.4, 0.5) is 5.69 Å². The van der Waals surface area contributed by atoms with Crippen LogP contribution in [0.3, 0.4) is 0 Å². The Hall–Kier alpha value is -2.14. The Labute approximate surface area is 139 Å². The Kier molecular flexibility index (Phi) is 4.22. The highest BCUT2D eigenvalue weighted by Crippen LogP contribution is 2.35. The highest BCUT2D eigenvalue weighted by Gasteiger charge is 2.47. The number of anilines is 1. The molecular weight excluding hydrogens is 316 g/mol. The largest absolute Gasteiger partial charge is 0.294 e. The van der Waals surface area contributed by atoms with Gasteiger partial charge in [0.05, 0.1) is 11.8 Å². The van der Waals surface area contributed by atoms with Crippen molar-refractivity contribution in [2.24, 2.45) is 11.8 Å². The second kappa shape index (κ2) is 6.16. The van der Waals surface area contributed by atoms with Crippen LogP contribution >= 0.6 is 11.6 Å². The average molecular weight is 333 g/mol. The smallest absolute Gasteiger partial charge is 0.234 e. The highest BCUT2D eigenvalue weighted by molar-refractivity contribution is 6.30. The molecule has 3 rings (SSSR count). The number of carbonyl (C=O) groups excluding carboxylic acids is 3. The van der Waals surface area contributed by atoms with Crippen molar-refractivity contribution in [3.63, 3.8) is 0 Å². The Morgan fingerprint density at radius 2 is 1.83 bits per heavy atom. The number of amides is 3. The van der Waals surface area contributed by atoms with E-state index in [0.717, 1.165) is 0 Å². The van der Waals surface area contributed by atoms with Crippen molar-refractivity contribution in [2.75, 3.05) is 11.6 Å². The van der Waals surface area contributed by atoms with Crippen LogP contribution in [0.15, 0.2) is 36.4 Å². The quantitative estimate of drug-likeness (QED) is 0.631. The minimum Gasteiger partial charge on any atom is -0.294 e. The lowest BCUT2D eigenvalue weighted by molar-refractivity contribution is -0.140. The molecule has 1 aliphatic carbocycles. The maximum atomic E-state index is 12.5. The van der Waals surface area contributed by atoms with Gasteiger partial charge in [0.1, 0.15) is 6.67 Å². The number of allylic oxidation sites excluding steroid dienone is 2. The lowest BCUT2D eigenvalue weighted by Gasteiger charge is -2.26. The van der Waals surface area contributed by atoms with Crippen LogP contribution in [0.2, 0.25) is 5.02 Å². The molecule has 120 valence electrons. The van der Waals surface area contributed by atoms with Gasteiger partial charge in [-0.15, -0.1) is 0 Å². The van der Waals surface area contributed by atoms with Crippen molar-refractivity contribution in [3.05, 3.63) is 41.4 Å². The highest BCUT2D eigenvalue weighted by atomic mass is 35.5. The summed E-state index contributed by atoms with van der Waals surface area (Å²) in [5.41, 5.74) is 0.568. The van der Waals surface area contributed by atoms with Crippen LogP contribution in [-0.4, -0.2) is 29.3 Å². The zero-order valence-corrected chi connectivity index (χ0v) is 13.5. The predicted octanol–water partition coefficient (Wildman–Crippen LogP) is 2.60. The zero-order valence-electron chi connectivity index (χ0n) is 12.7. The maximum Gasteiger partial charge on any atom is 0.234 e. The number of carbonyl (C=O) groups is 3. The fourth-order valence-corrected chi connectivity index (χ4v) is 3.34. The maximum absolute atomic E-state index is 12.5. The third-order valence-electron chi connectivity index (χ3n) is 4.38. The Morgan fingerprint density at radius 3 is 2.35 bits per heavy atom. The van der Waals surface area contributed by atoms with Gasteiger partial charge in [0.25, 0.3) is 0 Å². The number of benzene rings is 1. The number of imide groups is 1. The summed E-state index contributed by atoms with van der Waals surface area (Å²) in [5, 5.41) is 0.491. The summed E-state index contributed by atoms with van der Waals surface area (Å²) in [4.78, 5) is 39.6. The molecule has 0 unspecified atom stereocenters. The van der Waals surface area contributed by atoms with Crippen LogP contribution in [-0.2, 0) is 14.4 Å². The monoisotopic (exact) mass is 332 g/mol. The fourth-order valence-electron chi connectivity index (χ4n) is 3.16. The Bertz CT molecular complexity index is 675. The normalized spacial score (nSPS) is 23.1. The summed E-state index contributed by atoms with van der Waals surface area (Å²) in [6.07, 6.45) is 5.05. The van der Waals surface area contributed by atoms with E-state index in [9.17, 15) is 14.4 Å². The van der Waals surface area contributed by atoms with Gasteiger partial charge in [0, 0.05) is 17.6 Å².